The standard InChI is InChI=1S/C55H103NO5/c1-4-7-10-13-16-19-22-24-26-28-30-32-35-38-41-44-47-53(58)52(50-57)56-54(59)49-51(46-43-40-37-34-21-18-15-12-9-6-3)61-55(60)48-45-42-39-36-33-31-29-27-25-23-20-17-14-11-8-5-2/h18,21,27,29,31,33,51-53,57-58H,4-17,19-20,22-26,28,30,32,34-50H2,1-3H3,(H,56,59)/b21-18-,29-27+,33-31+. The molecule has 0 heterocycles. The number of nitrogens with one attached hydrogen (secondary N) is 1. The fourth-order valence-electron chi connectivity index (χ4n) is 8.12. The first-order chi connectivity index (χ1) is 30.0. The Bertz CT molecular complexity index is 1010. The number of aliphatic hydroxyl groups excluding tert-OH is 2. The highest BCUT2D eigenvalue weighted by molar-refractivity contribution is 5.77. The summed E-state index contributed by atoms with van der Waals surface area (Å²) in [7, 11) is 0. The van der Waals surface area contributed by atoms with E-state index in [0.29, 0.717) is 19.3 Å². The molecule has 0 aliphatic heterocycles. The zero-order valence-electron chi connectivity index (χ0n) is 40.8. The number of rotatable bonds is 48. The van der Waals surface area contributed by atoms with E-state index in [2.05, 4.69) is 62.5 Å². The molecule has 3 atom stereocenters. The van der Waals surface area contributed by atoms with E-state index in [0.717, 1.165) is 83.5 Å². The molecule has 0 aromatic heterocycles. The number of carbonyl (C=O) groups excluding carboxylic acids is 2. The van der Waals surface area contributed by atoms with E-state index in [1.807, 2.05) is 0 Å². The van der Waals surface area contributed by atoms with Crippen molar-refractivity contribution in [3.05, 3.63) is 36.5 Å². The van der Waals surface area contributed by atoms with Crippen LogP contribution >= 0.6 is 0 Å². The molecule has 0 rings (SSSR count). The number of allylic oxidation sites excluding steroid dienone is 6. The quantitative estimate of drug-likeness (QED) is 0.0245. The molecule has 0 aliphatic carbocycles. The molecule has 1 amide bonds. The number of ether oxygens (including phenoxy) is 1. The number of unbranched alkanes of at least 4 members (excludes halogenated alkanes) is 31. The first-order valence-corrected chi connectivity index (χ1v) is 26.7. The first kappa shape index (κ1) is 59.1. The Labute approximate surface area is 379 Å². The molecule has 0 aromatic carbocycles. The van der Waals surface area contributed by atoms with E-state index in [1.54, 1.807) is 0 Å². The van der Waals surface area contributed by atoms with Crippen molar-refractivity contribution in [2.45, 2.75) is 296 Å². The molecule has 0 saturated heterocycles. The zero-order chi connectivity index (χ0) is 44.5. The van der Waals surface area contributed by atoms with Gasteiger partial charge in [0, 0.05) is 6.42 Å². The summed E-state index contributed by atoms with van der Waals surface area (Å²) in [5, 5.41) is 23.8. The van der Waals surface area contributed by atoms with Gasteiger partial charge in [-0.25, -0.2) is 0 Å². The Morgan fingerprint density at radius 2 is 0.836 bits per heavy atom. The van der Waals surface area contributed by atoms with Gasteiger partial charge in [0.25, 0.3) is 0 Å². The van der Waals surface area contributed by atoms with Gasteiger partial charge in [-0.3, -0.25) is 9.59 Å². The van der Waals surface area contributed by atoms with Gasteiger partial charge in [-0.2, -0.15) is 0 Å². The maximum absolute atomic E-state index is 13.2. The molecule has 0 aliphatic rings. The second-order valence-corrected chi connectivity index (χ2v) is 18.3. The molecular weight excluding hydrogens is 755 g/mol. The van der Waals surface area contributed by atoms with Crippen LogP contribution in [0.3, 0.4) is 0 Å². The number of hydrogen-bond donors (Lipinski definition) is 3. The smallest absolute Gasteiger partial charge is 0.306 e. The molecule has 358 valence electrons. The van der Waals surface area contributed by atoms with Crippen LogP contribution in [0.2, 0.25) is 0 Å². The predicted octanol–water partition coefficient (Wildman–Crippen LogP) is 16.1. The van der Waals surface area contributed by atoms with Crippen LogP contribution < -0.4 is 5.32 Å². The maximum Gasteiger partial charge on any atom is 0.306 e. The fourth-order valence-corrected chi connectivity index (χ4v) is 8.12. The van der Waals surface area contributed by atoms with Crippen molar-refractivity contribution in [2.75, 3.05) is 6.61 Å². The lowest BCUT2D eigenvalue weighted by Crippen LogP contribution is -2.46. The van der Waals surface area contributed by atoms with Crippen LogP contribution in [0.1, 0.15) is 278 Å². The lowest BCUT2D eigenvalue weighted by atomic mass is 10.0. The van der Waals surface area contributed by atoms with Gasteiger partial charge in [-0.15, -0.1) is 0 Å². The van der Waals surface area contributed by atoms with Crippen LogP contribution in [0, 0.1) is 0 Å². The summed E-state index contributed by atoms with van der Waals surface area (Å²) in [6, 6.07) is -0.709. The van der Waals surface area contributed by atoms with E-state index < -0.39 is 18.2 Å². The normalized spacial score (nSPS) is 13.5. The average Bonchev–Trinajstić information content (AvgIpc) is 3.25. The van der Waals surface area contributed by atoms with E-state index in [-0.39, 0.29) is 24.9 Å². The summed E-state index contributed by atoms with van der Waals surface area (Å²) in [5.74, 6) is -0.514. The number of carbonyl (C=O) groups is 2. The van der Waals surface area contributed by atoms with Gasteiger partial charge in [-0.05, 0) is 77.0 Å². The molecule has 0 spiro atoms. The van der Waals surface area contributed by atoms with Gasteiger partial charge >= 0.3 is 5.97 Å². The Morgan fingerprint density at radius 1 is 0.475 bits per heavy atom. The molecule has 3 unspecified atom stereocenters. The molecule has 61 heavy (non-hydrogen) atoms. The minimum Gasteiger partial charge on any atom is -0.462 e. The molecule has 0 saturated carbocycles. The van der Waals surface area contributed by atoms with Gasteiger partial charge in [0.1, 0.15) is 6.10 Å². The molecule has 0 aromatic rings. The third-order valence-corrected chi connectivity index (χ3v) is 12.2. The van der Waals surface area contributed by atoms with Crippen LogP contribution in [-0.2, 0) is 14.3 Å². The minimum atomic E-state index is -0.794. The van der Waals surface area contributed by atoms with Crippen LogP contribution in [0.4, 0.5) is 0 Å². The molecule has 0 bridgehead atoms. The van der Waals surface area contributed by atoms with Crippen molar-refractivity contribution in [3.63, 3.8) is 0 Å². The number of hydrogen-bond acceptors (Lipinski definition) is 5. The fraction of sp³-hybridized carbons (Fsp3) is 0.855. The van der Waals surface area contributed by atoms with Gasteiger partial charge in [0.05, 0.1) is 25.2 Å². The number of amides is 1. The van der Waals surface area contributed by atoms with Crippen LogP contribution in [-0.4, -0.2) is 46.9 Å². The van der Waals surface area contributed by atoms with Crippen LogP contribution in [0.25, 0.3) is 0 Å². The summed E-state index contributed by atoms with van der Waals surface area (Å²) in [4.78, 5) is 26.1. The van der Waals surface area contributed by atoms with Crippen molar-refractivity contribution in [2.24, 2.45) is 0 Å². The highest BCUT2D eigenvalue weighted by atomic mass is 16.5. The highest BCUT2D eigenvalue weighted by Crippen LogP contribution is 2.18. The van der Waals surface area contributed by atoms with Crippen molar-refractivity contribution >= 4 is 11.9 Å². The molecular formula is C55H103NO5. The van der Waals surface area contributed by atoms with E-state index in [1.165, 1.54) is 148 Å². The Balaban J connectivity index is 4.50. The molecule has 6 heteroatoms. The summed E-state index contributed by atoms with van der Waals surface area (Å²) in [6.45, 7) is 6.46. The summed E-state index contributed by atoms with van der Waals surface area (Å²) >= 11 is 0. The van der Waals surface area contributed by atoms with E-state index in [4.69, 9.17) is 4.74 Å². The average molecular weight is 858 g/mol. The second kappa shape index (κ2) is 49.1. The van der Waals surface area contributed by atoms with Crippen molar-refractivity contribution in [3.8, 4) is 0 Å². The third-order valence-electron chi connectivity index (χ3n) is 12.2. The Hall–Kier alpha value is -1.92. The summed E-state index contributed by atoms with van der Waals surface area (Å²) < 4.78 is 5.91. The topological polar surface area (TPSA) is 95.9 Å². The highest BCUT2D eigenvalue weighted by Gasteiger charge is 2.24. The molecule has 0 radical (unpaired) electrons. The largest absolute Gasteiger partial charge is 0.462 e. The van der Waals surface area contributed by atoms with E-state index in [9.17, 15) is 19.8 Å². The molecule has 3 N–H and O–H groups in total. The van der Waals surface area contributed by atoms with Crippen LogP contribution in [0.5, 0.6) is 0 Å². The van der Waals surface area contributed by atoms with Crippen molar-refractivity contribution in [1.82, 2.24) is 5.32 Å². The lowest BCUT2D eigenvalue weighted by Gasteiger charge is -2.24. The molecule has 0 fully saturated rings. The number of esters is 1. The van der Waals surface area contributed by atoms with E-state index >= 15 is 0 Å². The maximum atomic E-state index is 13.2. The zero-order valence-corrected chi connectivity index (χ0v) is 40.8. The number of aliphatic hydroxyl groups is 2. The third kappa shape index (κ3) is 44.5. The van der Waals surface area contributed by atoms with Gasteiger partial charge in [0.2, 0.25) is 5.91 Å². The summed E-state index contributed by atoms with van der Waals surface area (Å²) in [5.41, 5.74) is 0. The monoisotopic (exact) mass is 858 g/mol. The van der Waals surface area contributed by atoms with Gasteiger partial charge in [0.15, 0.2) is 0 Å². The Morgan fingerprint density at radius 3 is 1.31 bits per heavy atom. The van der Waals surface area contributed by atoms with Gasteiger partial charge in [-0.1, -0.05) is 224 Å². The second-order valence-electron chi connectivity index (χ2n) is 18.3. The van der Waals surface area contributed by atoms with Gasteiger partial charge < -0.3 is 20.3 Å². The first-order valence-electron chi connectivity index (χ1n) is 26.7. The summed E-state index contributed by atoms with van der Waals surface area (Å²) in [6.07, 6.45) is 57.8. The van der Waals surface area contributed by atoms with Crippen molar-refractivity contribution < 1.29 is 24.5 Å². The Kier molecular flexibility index (Phi) is 47.6. The van der Waals surface area contributed by atoms with Crippen LogP contribution in [0.15, 0.2) is 36.5 Å². The minimum absolute atomic E-state index is 0.0581. The molecule has 6 nitrogen and oxygen atoms in total. The lowest BCUT2D eigenvalue weighted by molar-refractivity contribution is -0.151. The van der Waals surface area contributed by atoms with Crippen molar-refractivity contribution in [1.29, 1.82) is 0 Å². The SMILES string of the molecule is CCCCC/C=C\CCCCCC(CC(=O)NC(CO)C(O)CCCCCCCCCCCCCCCCCC)OC(=O)CCCCC/C=C/C=C/CCCCCCCCC. The predicted molar refractivity (Wildman–Crippen MR) is 264 cm³/mol.